The Bertz CT molecular complexity index is 1030. The fraction of sp³-hybridized carbons (Fsp3) is 0.273. The zero-order valence-corrected chi connectivity index (χ0v) is 17.2. The van der Waals surface area contributed by atoms with Crippen LogP contribution in [0, 0.1) is 13.8 Å². The predicted octanol–water partition coefficient (Wildman–Crippen LogP) is 3.51. The van der Waals surface area contributed by atoms with E-state index in [1.807, 2.05) is 43.3 Å². The highest BCUT2D eigenvalue weighted by molar-refractivity contribution is 5.80. The summed E-state index contributed by atoms with van der Waals surface area (Å²) >= 11 is 0. The summed E-state index contributed by atoms with van der Waals surface area (Å²) in [6.45, 7) is 6.88. The van der Waals surface area contributed by atoms with E-state index in [9.17, 15) is 0 Å². The Balaban J connectivity index is 1.57. The molecule has 3 aromatic rings. The molecule has 0 unspecified atom stereocenters. The second-order valence-corrected chi connectivity index (χ2v) is 7.16. The van der Waals surface area contributed by atoms with Crippen LogP contribution in [0.2, 0.25) is 0 Å². The molecule has 0 spiro atoms. The summed E-state index contributed by atoms with van der Waals surface area (Å²) in [5.41, 5.74) is 7.20. The third-order valence-corrected chi connectivity index (χ3v) is 4.61. The SMILES string of the molecule is Cc1cccc(/C=N/Nc2nc(Nc3cccc(C)c3)nc(N3CCOCC3)n2)c1. The van der Waals surface area contributed by atoms with Crippen LogP contribution in [0.15, 0.2) is 53.6 Å². The normalized spacial score (nSPS) is 14.1. The van der Waals surface area contributed by atoms with Gasteiger partial charge < -0.3 is 15.0 Å². The molecular formula is C22H25N7O. The van der Waals surface area contributed by atoms with Crippen molar-refractivity contribution >= 4 is 29.7 Å². The molecule has 154 valence electrons. The first kappa shape index (κ1) is 19.8. The van der Waals surface area contributed by atoms with Gasteiger partial charge in [0.25, 0.3) is 0 Å². The molecule has 0 radical (unpaired) electrons. The molecule has 1 aromatic heterocycles. The van der Waals surface area contributed by atoms with Crippen molar-refractivity contribution in [2.45, 2.75) is 13.8 Å². The van der Waals surface area contributed by atoms with Gasteiger partial charge in [0.2, 0.25) is 17.8 Å². The summed E-state index contributed by atoms with van der Waals surface area (Å²) in [4.78, 5) is 15.7. The lowest BCUT2D eigenvalue weighted by atomic mass is 10.2. The average molecular weight is 403 g/mol. The molecule has 0 saturated carbocycles. The molecule has 0 aliphatic carbocycles. The number of aryl methyl sites for hydroxylation is 2. The van der Waals surface area contributed by atoms with Gasteiger partial charge in [-0.15, -0.1) is 0 Å². The van der Waals surface area contributed by atoms with Gasteiger partial charge in [0.05, 0.1) is 19.4 Å². The number of benzene rings is 2. The number of nitrogens with one attached hydrogen (secondary N) is 2. The van der Waals surface area contributed by atoms with E-state index >= 15 is 0 Å². The van der Waals surface area contributed by atoms with Gasteiger partial charge in [-0.1, -0.05) is 42.0 Å². The first-order valence-electron chi connectivity index (χ1n) is 9.94. The van der Waals surface area contributed by atoms with Crippen LogP contribution < -0.4 is 15.6 Å². The van der Waals surface area contributed by atoms with Gasteiger partial charge in [0, 0.05) is 18.8 Å². The van der Waals surface area contributed by atoms with Crippen LogP contribution in [0.4, 0.5) is 23.5 Å². The third-order valence-electron chi connectivity index (χ3n) is 4.61. The van der Waals surface area contributed by atoms with Gasteiger partial charge in [-0.3, -0.25) is 0 Å². The molecule has 0 atom stereocenters. The topological polar surface area (TPSA) is 87.6 Å². The highest BCUT2D eigenvalue weighted by Crippen LogP contribution is 2.19. The highest BCUT2D eigenvalue weighted by atomic mass is 16.5. The molecule has 8 nitrogen and oxygen atoms in total. The first-order chi connectivity index (χ1) is 14.7. The van der Waals surface area contributed by atoms with E-state index < -0.39 is 0 Å². The van der Waals surface area contributed by atoms with Crippen molar-refractivity contribution < 1.29 is 4.74 Å². The van der Waals surface area contributed by atoms with Gasteiger partial charge >= 0.3 is 0 Å². The maximum absolute atomic E-state index is 5.45. The maximum atomic E-state index is 5.45. The van der Waals surface area contributed by atoms with E-state index in [1.165, 1.54) is 5.56 Å². The van der Waals surface area contributed by atoms with Crippen LogP contribution in [0.3, 0.4) is 0 Å². The van der Waals surface area contributed by atoms with Gasteiger partial charge in [0.15, 0.2) is 0 Å². The lowest BCUT2D eigenvalue weighted by Crippen LogP contribution is -2.37. The van der Waals surface area contributed by atoms with E-state index in [1.54, 1.807) is 6.21 Å². The van der Waals surface area contributed by atoms with Gasteiger partial charge in [-0.25, -0.2) is 5.43 Å². The minimum atomic E-state index is 0.380. The van der Waals surface area contributed by atoms with E-state index in [4.69, 9.17) is 4.74 Å². The van der Waals surface area contributed by atoms with Crippen molar-refractivity contribution in [1.82, 2.24) is 15.0 Å². The van der Waals surface area contributed by atoms with E-state index in [0.717, 1.165) is 29.9 Å². The number of rotatable bonds is 6. The quantitative estimate of drug-likeness (QED) is 0.481. The standard InChI is InChI=1S/C22H25N7O/c1-16-5-3-7-18(13-16)15-23-28-21-25-20(24-19-8-4-6-17(2)14-19)26-22(27-21)29-9-11-30-12-10-29/h3-8,13-15H,9-12H2,1-2H3,(H2,24,25,26,27,28)/b23-15+. The second-order valence-electron chi connectivity index (χ2n) is 7.16. The Labute approximate surface area is 176 Å². The average Bonchev–Trinajstić information content (AvgIpc) is 2.74. The molecule has 8 heteroatoms. The zero-order valence-electron chi connectivity index (χ0n) is 17.2. The number of ether oxygens (including phenoxy) is 1. The van der Waals surface area contributed by atoms with Crippen molar-refractivity contribution in [3.63, 3.8) is 0 Å². The smallest absolute Gasteiger partial charge is 0.250 e. The molecule has 1 saturated heterocycles. The fourth-order valence-corrected chi connectivity index (χ4v) is 3.14. The molecule has 2 aromatic carbocycles. The molecule has 1 fully saturated rings. The van der Waals surface area contributed by atoms with Crippen LogP contribution in [-0.2, 0) is 4.74 Å². The summed E-state index contributed by atoms with van der Waals surface area (Å²) in [6.07, 6.45) is 1.75. The van der Waals surface area contributed by atoms with Gasteiger partial charge in [0.1, 0.15) is 0 Å². The molecule has 4 rings (SSSR count). The van der Waals surface area contributed by atoms with Crippen LogP contribution in [0.25, 0.3) is 0 Å². The number of morpholine rings is 1. The van der Waals surface area contributed by atoms with Gasteiger partial charge in [-0.05, 0) is 37.1 Å². The summed E-state index contributed by atoms with van der Waals surface area (Å²) < 4.78 is 5.45. The predicted molar refractivity (Wildman–Crippen MR) is 120 cm³/mol. The van der Waals surface area contributed by atoms with Gasteiger partial charge in [-0.2, -0.15) is 20.1 Å². The Morgan fingerprint density at radius 2 is 1.67 bits per heavy atom. The van der Waals surface area contributed by atoms with Crippen LogP contribution in [0.1, 0.15) is 16.7 Å². The number of anilines is 4. The molecule has 1 aliphatic rings. The molecule has 1 aliphatic heterocycles. The number of hydrazone groups is 1. The monoisotopic (exact) mass is 403 g/mol. The van der Waals surface area contributed by atoms with Crippen molar-refractivity contribution in [2.24, 2.45) is 5.10 Å². The summed E-state index contributed by atoms with van der Waals surface area (Å²) in [6, 6.07) is 16.2. The van der Waals surface area contributed by atoms with E-state index in [0.29, 0.717) is 31.1 Å². The van der Waals surface area contributed by atoms with Crippen molar-refractivity contribution in [3.8, 4) is 0 Å². The van der Waals surface area contributed by atoms with Crippen molar-refractivity contribution in [3.05, 3.63) is 65.2 Å². The number of nitrogens with zero attached hydrogens (tertiary/aromatic N) is 5. The fourth-order valence-electron chi connectivity index (χ4n) is 3.14. The molecule has 2 heterocycles. The number of aromatic nitrogens is 3. The molecule has 30 heavy (non-hydrogen) atoms. The molecule has 0 bridgehead atoms. The minimum Gasteiger partial charge on any atom is -0.378 e. The summed E-state index contributed by atoms with van der Waals surface area (Å²) in [5.74, 6) is 1.44. The zero-order chi connectivity index (χ0) is 20.8. The Kier molecular flexibility index (Phi) is 6.14. The van der Waals surface area contributed by atoms with E-state index in [-0.39, 0.29) is 0 Å². The van der Waals surface area contributed by atoms with Crippen molar-refractivity contribution in [1.29, 1.82) is 0 Å². The molecule has 2 N–H and O–H groups in total. The molecular weight excluding hydrogens is 378 g/mol. The number of hydrogen-bond donors (Lipinski definition) is 2. The molecule has 0 amide bonds. The third kappa shape index (κ3) is 5.30. The van der Waals surface area contributed by atoms with Crippen LogP contribution in [-0.4, -0.2) is 47.5 Å². The lowest BCUT2D eigenvalue weighted by Gasteiger charge is -2.27. The van der Waals surface area contributed by atoms with Crippen LogP contribution >= 0.6 is 0 Å². The Morgan fingerprint density at radius 1 is 0.933 bits per heavy atom. The lowest BCUT2D eigenvalue weighted by molar-refractivity contribution is 0.122. The second kappa shape index (κ2) is 9.32. The van der Waals surface area contributed by atoms with E-state index in [2.05, 4.69) is 54.8 Å². The number of hydrogen-bond acceptors (Lipinski definition) is 8. The Morgan fingerprint density at radius 3 is 2.43 bits per heavy atom. The summed E-state index contributed by atoms with van der Waals surface area (Å²) in [7, 11) is 0. The Hall–Kier alpha value is -3.52. The first-order valence-corrected chi connectivity index (χ1v) is 9.94. The van der Waals surface area contributed by atoms with Crippen molar-refractivity contribution in [2.75, 3.05) is 41.9 Å². The summed E-state index contributed by atoms with van der Waals surface area (Å²) in [5, 5.41) is 7.57. The maximum Gasteiger partial charge on any atom is 0.250 e. The van der Waals surface area contributed by atoms with Crippen LogP contribution in [0.5, 0.6) is 0 Å². The highest BCUT2D eigenvalue weighted by Gasteiger charge is 2.16. The minimum absolute atomic E-state index is 0.380. The largest absolute Gasteiger partial charge is 0.378 e.